The lowest BCUT2D eigenvalue weighted by Crippen LogP contribution is -2.50. The molecule has 2 nitrogen and oxygen atoms in total. The van der Waals surface area contributed by atoms with E-state index in [0.717, 1.165) is 6.54 Å². The van der Waals surface area contributed by atoms with Gasteiger partial charge in [0.1, 0.15) is 0 Å². The second-order valence-corrected chi connectivity index (χ2v) is 5.75. The second-order valence-electron chi connectivity index (χ2n) is 5.75. The molecule has 1 aromatic carbocycles. The van der Waals surface area contributed by atoms with Crippen molar-refractivity contribution >= 4 is 11.4 Å². The molecule has 2 heteroatoms. The largest absolute Gasteiger partial charge is 0.377 e. The van der Waals surface area contributed by atoms with Gasteiger partial charge in [-0.3, -0.25) is 0 Å². The molecule has 0 radical (unpaired) electrons. The van der Waals surface area contributed by atoms with Crippen molar-refractivity contribution in [1.82, 2.24) is 0 Å². The first-order valence-corrected chi connectivity index (χ1v) is 6.04. The molecule has 0 aliphatic carbocycles. The van der Waals surface area contributed by atoms with E-state index < -0.39 is 0 Å². The minimum atomic E-state index is 0.145. The van der Waals surface area contributed by atoms with Crippen LogP contribution in [-0.4, -0.2) is 18.1 Å². The van der Waals surface area contributed by atoms with Crippen LogP contribution in [0, 0.1) is 6.92 Å². The van der Waals surface area contributed by atoms with Gasteiger partial charge in [0.25, 0.3) is 0 Å². The molecule has 0 saturated carbocycles. The summed E-state index contributed by atoms with van der Waals surface area (Å²) < 4.78 is 0. The molecule has 1 aliphatic rings. The van der Waals surface area contributed by atoms with Crippen molar-refractivity contribution in [2.45, 2.75) is 46.2 Å². The standard InChI is InChI=1S/C14H22N2/c1-10(2)16-9-14(4,5)15-12-7-6-11(3)8-13(12)16/h6-8,10,15H,9H2,1-5H3. The highest BCUT2D eigenvalue weighted by Crippen LogP contribution is 2.36. The summed E-state index contributed by atoms with van der Waals surface area (Å²) >= 11 is 0. The maximum absolute atomic E-state index is 3.61. The SMILES string of the molecule is Cc1ccc2c(c1)N(C(C)C)CC(C)(C)N2. The van der Waals surface area contributed by atoms with Crippen LogP contribution in [0.4, 0.5) is 11.4 Å². The minimum Gasteiger partial charge on any atom is -0.377 e. The number of fused-ring (bicyclic) bond motifs is 1. The zero-order chi connectivity index (χ0) is 11.9. The van der Waals surface area contributed by atoms with Crippen LogP contribution in [-0.2, 0) is 0 Å². The molecule has 1 N–H and O–H groups in total. The van der Waals surface area contributed by atoms with Crippen molar-refractivity contribution in [3.63, 3.8) is 0 Å². The number of rotatable bonds is 1. The fourth-order valence-electron chi connectivity index (χ4n) is 2.36. The van der Waals surface area contributed by atoms with E-state index in [1.807, 2.05) is 0 Å². The van der Waals surface area contributed by atoms with Crippen LogP contribution >= 0.6 is 0 Å². The molecule has 0 unspecified atom stereocenters. The predicted octanol–water partition coefficient (Wildman–Crippen LogP) is 3.41. The first-order chi connectivity index (χ1) is 7.39. The Morgan fingerprint density at radius 3 is 2.62 bits per heavy atom. The van der Waals surface area contributed by atoms with Crippen molar-refractivity contribution in [3.05, 3.63) is 23.8 Å². The molecule has 1 heterocycles. The van der Waals surface area contributed by atoms with Crippen LogP contribution in [0.3, 0.4) is 0 Å². The van der Waals surface area contributed by atoms with Crippen molar-refractivity contribution < 1.29 is 0 Å². The van der Waals surface area contributed by atoms with E-state index in [-0.39, 0.29) is 5.54 Å². The smallest absolute Gasteiger partial charge is 0.0607 e. The fourth-order valence-corrected chi connectivity index (χ4v) is 2.36. The maximum Gasteiger partial charge on any atom is 0.0607 e. The monoisotopic (exact) mass is 218 g/mol. The topological polar surface area (TPSA) is 15.3 Å². The molecule has 0 atom stereocenters. The Morgan fingerprint density at radius 2 is 2.00 bits per heavy atom. The normalized spacial score (nSPS) is 18.2. The van der Waals surface area contributed by atoms with Crippen LogP contribution in [0.15, 0.2) is 18.2 Å². The van der Waals surface area contributed by atoms with Gasteiger partial charge < -0.3 is 10.2 Å². The summed E-state index contributed by atoms with van der Waals surface area (Å²) in [6, 6.07) is 7.19. The predicted molar refractivity (Wildman–Crippen MR) is 71.4 cm³/mol. The number of benzene rings is 1. The van der Waals surface area contributed by atoms with Crippen LogP contribution < -0.4 is 10.2 Å². The van der Waals surface area contributed by atoms with E-state index >= 15 is 0 Å². The Labute approximate surface area is 98.7 Å². The summed E-state index contributed by atoms with van der Waals surface area (Å²) in [5.74, 6) is 0. The number of hydrogen-bond donors (Lipinski definition) is 1. The Morgan fingerprint density at radius 1 is 1.31 bits per heavy atom. The van der Waals surface area contributed by atoms with Crippen molar-refractivity contribution in [3.8, 4) is 0 Å². The molecule has 0 fully saturated rings. The maximum atomic E-state index is 3.61. The molecule has 0 saturated heterocycles. The summed E-state index contributed by atoms with van der Waals surface area (Å²) in [6.45, 7) is 12.2. The van der Waals surface area contributed by atoms with E-state index in [1.54, 1.807) is 0 Å². The quantitative estimate of drug-likeness (QED) is 0.777. The van der Waals surface area contributed by atoms with E-state index in [4.69, 9.17) is 0 Å². The number of nitrogens with one attached hydrogen (secondary N) is 1. The Kier molecular flexibility index (Phi) is 2.61. The van der Waals surface area contributed by atoms with Gasteiger partial charge in [0.2, 0.25) is 0 Å². The number of anilines is 2. The van der Waals surface area contributed by atoms with E-state index in [1.165, 1.54) is 16.9 Å². The van der Waals surface area contributed by atoms with Gasteiger partial charge in [0.15, 0.2) is 0 Å². The summed E-state index contributed by atoms with van der Waals surface area (Å²) in [5, 5.41) is 3.61. The lowest BCUT2D eigenvalue weighted by molar-refractivity contribution is 0.506. The first-order valence-electron chi connectivity index (χ1n) is 6.04. The van der Waals surface area contributed by atoms with Crippen molar-refractivity contribution in [2.75, 3.05) is 16.8 Å². The van der Waals surface area contributed by atoms with Gasteiger partial charge in [-0.25, -0.2) is 0 Å². The molecule has 0 spiro atoms. The van der Waals surface area contributed by atoms with Gasteiger partial charge in [-0.15, -0.1) is 0 Å². The molecule has 0 amide bonds. The van der Waals surface area contributed by atoms with Crippen LogP contribution in [0.25, 0.3) is 0 Å². The highest BCUT2D eigenvalue weighted by Gasteiger charge is 2.30. The lowest BCUT2D eigenvalue weighted by Gasteiger charge is -2.44. The molecule has 1 aliphatic heterocycles. The summed E-state index contributed by atoms with van der Waals surface area (Å²) in [5.41, 5.74) is 4.07. The molecule has 2 rings (SSSR count). The Hall–Kier alpha value is -1.18. The van der Waals surface area contributed by atoms with Crippen LogP contribution in [0.5, 0.6) is 0 Å². The number of aryl methyl sites for hydroxylation is 1. The molecule has 0 bridgehead atoms. The minimum absolute atomic E-state index is 0.145. The average Bonchev–Trinajstić information content (AvgIpc) is 2.16. The van der Waals surface area contributed by atoms with Crippen molar-refractivity contribution in [1.29, 1.82) is 0 Å². The van der Waals surface area contributed by atoms with E-state index in [0.29, 0.717) is 6.04 Å². The van der Waals surface area contributed by atoms with Gasteiger partial charge in [-0.05, 0) is 52.3 Å². The van der Waals surface area contributed by atoms with Gasteiger partial charge >= 0.3 is 0 Å². The third-order valence-electron chi connectivity index (χ3n) is 3.12. The highest BCUT2D eigenvalue weighted by molar-refractivity contribution is 5.74. The Bertz CT molecular complexity index is 394. The molecule has 0 aromatic heterocycles. The fraction of sp³-hybridized carbons (Fsp3) is 0.571. The second kappa shape index (κ2) is 3.69. The number of nitrogens with zero attached hydrogens (tertiary/aromatic N) is 1. The third kappa shape index (κ3) is 2.01. The van der Waals surface area contributed by atoms with Crippen molar-refractivity contribution in [2.24, 2.45) is 0 Å². The van der Waals surface area contributed by atoms with E-state index in [2.05, 4.69) is 63.0 Å². The van der Waals surface area contributed by atoms with Crippen LogP contribution in [0.2, 0.25) is 0 Å². The molecule has 16 heavy (non-hydrogen) atoms. The Balaban J connectivity index is 2.47. The zero-order valence-corrected chi connectivity index (χ0v) is 11.0. The van der Waals surface area contributed by atoms with Gasteiger partial charge in [-0.2, -0.15) is 0 Å². The lowest BCUT2D eigenvalue weighted by atomic mass is 9.97. The van der Waals surface area contributed by atoms with Crippen LogP contribution in [0.1, 0.15) is 33.3 Å². The molecular weight excluding hydrogens is 196 g/mol. The van der Waals surface area contributed by atoms with Gasteiger partial charge in [0, 0.05) is 18.1 Å². The third-order valence-corrected chi connectivity index (χ3v) is 3.12. The molecule has 88 valence electrons. The number of hydrogen-bond acceptors (Lipinski definition) is 2. The van der Waals surface area contributed by atoms with Gasteiger partial charge in [0.05, 0.1) is 11.4 Å². The first kappa shape index (κ1) is 11.3. The summed E-state index contributed by atoms with van der Waals surface area (Å²) in [7, 11) is 0. The highest BCUT2D eigenvalue weighted by atomic mass is 15.2. The summed E-state index contributed by atoms with van der Waals surface area (Å²) in [4.78, 5) is 2.48. The summed E-state index contributed by atoms with van der Waals surface area (Å²) in [6.07, 6.45) is 0. The van der Waals surface area contributed by atoms with Gasteiger partial charge in [-0.1, -0.05) is 6.07 Å². The zero-order valence-electron chi connectivity index (χ0n) is 11.0. The average molecular weight is 218 g/mol. The molecule has 1 aromatic rings. The van der Waals surface area contributed by atoms with E-state index in [9.17, 15) is 0 Å². The molecular formula is C14H22N2.